The summed E-state index contributed by atoms with van der Waals surface area (Å²) in [5.74, 6) is 0. The molecule has 2 unspecified atom stereocenters. The van der Waals surface area contributed by atoms with E-state index in [1.165, 1.54) is 22.3 Å². The largest absolute Gasteiger partial charge is 0.290 e. The fraction of sp³-hybridized carbons (Fsp3) is 0.400. The maximum atomic E-state index is 6.05. The number of hydroxylamine groups is 1. The zero-order valence-corrected chi connectivity index (χ0v) is 16.8. The van der Waals surface area contributed by atoms with E-state index in [0.29, 0.717) is 0 Å². The fourth-order valence-corrected chi connectivity index (χ4v) is 3.57. The summed E-state index contributed by atoms with van der Waals surface area (Å²) in [7, 11) is 0. The van der Waals surface area contributed by atoms with Crippen molar-refractivity contribution in [3.8, 4) is 0 Å². The Morgan fingerprint density at radius 3 is 2.38 bits per heavy atom. The molecule has 4 nitrogen and oxygen atoms in total. The second-order valence-corrected chi connectivity index (χ2v) is 7.04. The molecule has 2 heterocycles. The summed E-state index contributed by atoms with van der Waals surface area (Å²) in [5, 5.41) is 3.62. The van der Waals surface area contributed by atoms with Gasteiger partial charge in [0.2, 0.25) is 0 Å². The van der Waals surface area contributed by atoms with E-state index in [-0.39, 0.29) is 36.7 Å². The van der Waals surface area contributed by atoms with Crippen LogP contribution >= 0.6 is 24.8 Å². The van der Waals surface area contributed by atoms with Crippen LogP contribution in [0.3, 0.4) is 0 Å². The molecule has 2 atom stereocenters. The normalized spacial score (nSPS) is 25.5. The molecule has 2 aliphatic rings. The molecule has 0 spiro atoms. The third-order valence-electron chi connectivity index (χ3n) is 5.23. The number of nitrogens with zero attached hydrogens (tertiary/aromatic N) is 1. The van der Waals surface area contributed by atoms with Crippen molar-refractivity contribution in [2.75, 3.05) is 13.1 Å². The van der Waals surface area contributed by atoms with Crippen molar-refractivity contribution >= 4 is 24.8 Å². The first-order chi connectivity index (χ1) is 11.6. The van der Waals surface area contributed by atoms with E-state index in [2.05, 4.69) is 78.1 Å². The van der Waals surface area contributed by atoms with Crippen LogP contribution in [0.25, 0.3) is 0 Å². The van der Waals surface area contributed by atoms with Gasteiger partial charge in [0, 0.05) is 19.6 Å². The molecule has 0 radical (unpaired) electrons. The monoisotopic (exact) mass is 395 g/mol. The number of hydrogen-bond donors (Lipinski definition) is 2. The molecule has 6 heteroatoms. The Bertz CT molecular complexity index is 715. The predicted molar refractivity (Wildman–Crippen MR) is 110 cm³/mol. The van der Waals surface area contributed by atoms with E-state index in [1.807, 2.05) is 0 Å². The molecule has 1 saturated heterocycles. The van der Waals surface area contributed by atoms with Gasteiger partial charge < -0.3 is 0 Å². The lowest BCUT2D eigenvalue weighted by Gasteiger charge is -2.44. The minimum Gasteiger partial charge on any atom is -0.290 e. The van der Waals surface area contributed by atoms with Gasteiger partial charge in [0.25, 0.3) is 0 Å². The SMILES string of the molecule is Cc1ccc(C2(C)NCC(N3CCc4ccccc4C3)ON2)cc1.Cl.Cl. The van der Waals surface area contributed by atoms with Crippen LogP contribution in [0.1, 0.15) is 29.2 Å². The highest BCUT2D eigenvalue weighted by Crippen LogP contribution is 2.25. The predicted octanol–water partition coefficient (Wildman–Crippen LogP) is 3.52. The lowest BCUT2D eigenvalue weighted by atomic mass is 9.99. The first-order valence-electron chi connectivity index (χ1n) is 8.70. The summed E-state index contributed by atoms with van der Waals surface area (Å²) in [5.41, 5.74) is 8.24. The highest BCUT2D eigenvalue weighted by atomic mass is 35.5. The summed E-state index contributed by atoms with van der Waals surface area (Å²) < 4.78 is 0. The van der Waals surface area contributed by atoms with Crippen molar-refractivity contribution in [1.82, 2.24) is 15.7 Å². The second kappa shape index (κ2) is 8.70. The van der Waals surface area contributed by atoms with Gasteiger partial charge in [0.05, 0.1) is 0 Å². The van der Waals surface area contributed by atoms with Crippen LogP contribution in [0.4, 0.5) is 0 Å². The van der Waals surface area contributed by atoms with Crippen molar-refractivity contribution in [2.24, 2.45) is 0 Å². The minimum absolute atomic E-state index is 0. The number of benzene rings is 2. The van der Waals surface area contributed by atoms with Gasteiger partial charge in [-0.3, -0.25) is 15.1 Å². The van der Waals surface area contributed by atoms with Crippen LogP contribution in [-0.4, -0.2) is 24.2 Å². The molecular formula is C20H27Cl2N3O. The summed E-state index contributed by atoms with van der Waals surface area (Å²) in [6.45, 7) is 7.02. The van der Waals surface area contributed by atoms with E-state index >= 15 is 0 Å². The standard InChI is InChI=1S/C20H25N3O.2ClH/c1-15-7-9-18(10-8-15)20(2)21-13-19(24-22-20)23-12-11-16-5-3-4-6-17(16)14-23;;/h3-10,19,21-22H,11-14H2,1-2H3;2*1H. The number of halogens is 2. The Labute approximate surface area is 168 Å². The van der Waals surface area contributed by atoms with Crippen molar-refractivity contribution in [3.05, 3.63) is 70.8 Å². The summed E-state index contributed by atoms with van der Waals surface area (Å²) in [4.78, 5) is 8.45. The molecule has 26 heavy (non-hydrogen) atoms. The Kier molecular flexibility index (Phi) is 7.08. The van der Waals surface area contributed by atoms with Crippen LogP contribution in [-0.2, 0) is 23.5 Å². The lowest BCUT2D eigenvalue weighted by molar-refractivity contribution is -0.180. The van der Waals surface area contributed by atoms with Gasteiger partial charge in [0.15, 0.2) is 0 Å². The molecule has 2 aromatic rings. The Balaban J connectivity index is 0.00000121. The molecule has 0 saturated carbocycles. The molecule has 2 aliphatic heterocycles. The van der Waals surface area contributed by atoms with E-state index in [0.717, 1.165) is 26.1 Å². The highest BCUT2D eigenvalue weighted by Gasteiger charge is 2.35. The van der Waals surface area contributed by atoms with Crippen LogP contribution < -0.4 is 10.8 Å². The fourth-order valence-electron chi connectivity index (χ4n) is 3.57. The van der Waals surface area contributed by atoms with Gasteiger partial charge in [-0.15, -0.1) is 24.8 Å². The third kappa shape index (κ3) is 4.22. The molecule has 0 amide bonds. The average Bonchev–Trinajstić information content (AvgIpc) is 2.62. The van der Waals surface area contributed by atoms with Crippen LogP contribution in [0.2, 0.25) is 0 Å². The summed E-state index contributed by atoms with van der Waals surface area (Å²) >= 11 is 0. The number of nitrogens with one attached hydrogen (secondary N) is 2. The van der Waals surface area contributed by atoms with Gasteiger partial charge in [0.1, 0.15) is 11.9 Å². The van der Waals surface area contributed by atoms with Gasteiger partial charge in [-0.2, -0.15) is 5.48 Å². The van der Waals surface area contributed by atoms with E-state index < -0.39 is 0 Å². The van der Waals surface area contributed by atoms with Gasteiger partial charge in [-0.25, -0.2) is 0 Å². The first-order valence-corrected chi connectivity index (χ1v) is 8.70. The quantitative estimate of drug-likeness (QED) is 0.815. The zero-order valence-electron chi connectivity index (χ0n) is 15.2. The third-order valence-corrected chi connectivity index (χ3v) is 5.23. The topological polar surface area (TPSA) is 36.5 Å². The summed E-state index contributed by atoms with van der Waals surface area (Å²) in [6, 6.07) is 17.3. The van der Waals surface area contributed by atoms with Crippen molar-refractivity contribution in [2.45, 2.75) is 38.7 Å². The van der Waals surface area contributed by atoms with Gasteiger partial charge >= 0.3 is 0 Å². The minimum atomic E-state index is -0.349. The maximum absolute atomic E-state index is 6.05. The summed E-state index contributed by atoms with van der Waals surface area (Å²) in [6.07, 6.45) is 1.14. The molecule has 0 aliphatic carbocycles. The van der Waals surface area contributed by atoms with Gasteiger partial charge in [-0.1, -0.05) is 54.1 Å². The molecule has 1 fully saturated rings. The van der Waals surface area contributed by atoms with Crippen LogP contribution in [0.5, 0.6) is 0 Å². The molecule has 142 valence electrons. The van der Waals surface area contributed by atoms with E-state index in [4.69, 9.17) is 4.84 Å². The number of fused-ring (bicyclic) bond motifs is 1. The second-order valence-electron chi connectivity index (χ2n) is 7.04. The Morgan fingerprint density at radius 1 is 1.04 bits per heavy atom. The number of aryl methyl sites for hydroxylation is 1. The Morgan fingerprint density at radius 2 is 1.73 bits per heavy atom. The highest BCUT2D eigenvalue weighted by molar-refractivity contribution is 5.85. The van der Waals surface area contributed by atoms with E-state index in [1.54, 1.807) is 0 Å². The maximum Gasteiger partial charge on any atom is 0.145 e. The van der Waals surface area contributed by atoms with Crippen molar-refractivity contribution in [3.63, 3.8) is 0 Å². The molecule has 0 aromatic heterocycles. The van der Waals surface area contributed by atoms with Crippen molar-refractivity contribution < 1.29 is 4.84 Å². The molecular weight excluding hydrogens is 369 g/mol. The number of hydrogen-bond acceptors (Lipinski definition) is 4. The number of rotatable bonds is 2. The molecule has 4 rings (SSSR count). The lowest BCUT2D eigenvalue weighted by Crippen LogP contribution is -2.63. The van der Waals surface area contributed by atoms with Crippen molar-refractivity contribution in [1.29, 1.82) is 0 Å². The molecule has 0 bridgehead atoms. The smallest absolute Gasteiger partial charge is 0.145 e. The zero-order chi connectivity index (χ0) is 16.6. The average molecular weight is 396 g/mol. The molecule has 2 N–H and O–H groups in total. The first kappa shape index (κ1) is 21.2. The van der Waals surface area contributed by atoms with Crippen LogP contribution in [0, 0.1) is 6.92 Å². The molecule has 2 aromatic carbocycles. The van der Waals surface area contributed by atoms with Gasteiger partial charge in [-0.05, 0) is 37.0 Å². The van der Waals surface area contributed by atoms with E-state index in [9.17, 15) is 0 Å². The van der Waals surface area contributed by atoms with Crippen LogP contribution in [0.15, 0.2) is 48.5 Å². The Hall–Kier alpha value is -1.14.